The number of rotatable bonds is 14. The molecule has 0 aliphatic carbocycles. The smallest absolute Gasteiger partial charge is 0.264 e. The number of amides is 2. The van der Waals surface area contributed by atoms with E-state index in [4.69, 9.17) is 0 Å². The van der Waals surface area contributed by atoms with E-state index >= 15 is 0 Å². The highest BCUT2D eigenvalue weighted by molar-refractivity contribution is 7.92. The molecule has 0 heterocycles. The maximum Gasteiger partial charge on any atom is 0.264 e. The van der Waals surface area contributed by atoms with Crippen molar-refractivity contribution in [2.24, 2.45) is 0 Å². The first-order valence-corrected chi connectivity index (χ1v) is 16.9. The summed E-state index contributed by atoms with van der Waals surface area (Å²) in [5.74, 6) is -0.752. The van der Waals surface area contributed by atoms with E-state index in [0.29, 0.717) is 5.69 Å². The van der Waals surface area contributed by atoms with Crippen LogP contribution in [0.1, 0.15) is 49.4 Å². The lowest BCUT2D eigenvalue weighted by atomic mass is 10.0. The molecule has 0 aliphatic rings. The van der Waals surface area contributed by atoms with Gasteiger partial charge in [-0.1, -0.05) is 98.8 Å². The van der Waals surface area contributed by atoms with Gasteiger partial charge in [-0.05, 0) is 73.2 Å². The summed E-state index contributed by atoms with van der Waals surface area (Å²) in [4.78, 5) is 30.1. The van der Waals surface area contributed by atoms with Crippen LogP contribution in [0.2, 0.25) is 0 Å². The van der Waals surface area contributed by atoms with E-state index in [9.17, 15) is 18.0 Å². The molecule has 0 spiro atoms. The van der Waals surface area contributed by atoms with Crippen LogP contribution >= 0.6 is 0 Å². The number of nitrogens with one attached hydrogen (secondary N) is 1. The van der Waals surface area contributed by atoms with Gasteiger partial charge in [0.05, 0.1) is 10.6 Å². The number of benzene rings is 4. The molecule has 4 rings (SSSR count). The summed E-state index contributed by atoms with van der Waals surface area (Å²) in [5, 5.41) is 3.07. The minimum Gasteiger partial charge on any atom is -0.352 e. The van der Waals surface area contributed by atoms with E-state index in [1.54, 1.807) is 35.2 Å². The Morgan fingerprint density at radius 2 is 1.38 bits per heavy atom. The van der Waals surface area contributed by atoms with Crippen molar-refractivity contribution in [2.75, 3.05) is 10.8 Å². The fraction of sp³-hybridized carbons (Fsp3) is 0.297. The zero-order valence-electron chi connectivity index (χ0n) is 26.5. The molecule has 0 aliphatic heterocycles. The summed E-state index contributed by atoms with van der Waals surface area (Å²) in [6, 6.07) is 31.6. The first-order chi connectivity index (χ1) is 21.6. The van der Waals surface area contributed by atoms with E-state index in [0.717, 1.165) is 39.4 Å². The van der Waals surface area contributed by atoms with Crippen LogP contribution in [0.5, 0.6) is 0 Å². The normalized spacial score (nSPS) is 12.6. The summed E-state index contributed by atoms with van der Waals surface area (Å²) >= 11 is 0. The highest BCUT2D eigenvalue weighted by Gasteiger charge is 2.35. The number of carbonyl (C=O) groups is 2. The molecule has 0 saturated heterocycles. The highest BCUT2D eigenvalue weighted by Crippen LogP contribution is 2.26. The Balaban J connectivity index is 1.81. The average molecular weight is 626 g/mol. The molecule has 4 aromatic rings. The van der Waals surface area contributed by atoms with Gasteiger partial charge in [-0.15, -0.1) is 0 Å². The van der Waals surface area contributed by atoms with Gasteiger partial charge in [-0.25, -0.2) is 8.42 Å². The van der Waals surface area contributed by atoms with E-state index in [1.807, 2.05) is 94.4 Å². The molecule has 2 atom stereocenters. The second-order valence-corrected chi connectivity index (χ2v) is 13.2. The molecule has 0 bridgehead atoms. The zero-order valence-corrected chi connectivity index (χ0v) is 27.3. The monoisotopic (exact) mass is 625 g/mol. The Morgan fingerprint density at radius 3 is 1.98 bits per heavy atom. The van der Waals surface area contributed by atoms with Crippen molar-refractivity contribution in [2.45, 2.75) is 70.5 Å². The molecule has 0 aromatic heterocycles. The molecule has 7 nitrogen and oxygen atoms in total. The van der Waals surface area contributed by atoms with Crippen LogP contribution in [-0.2, 0) is 39.0 Å². The molecule has 4 aromatic carbocycles. The maximum absolute atomic E-state index is 14.6. The van der Waals surface area contributed by atoms with E-state index in [2.05, 4.69) is 5.32 Å². The summed E-state index contributed by atoms with van der Waals surface area (Å²) in [7, 11) is -4.13. The maximum atomic E-state index is 14.6. The largest absolute Gasteiger partial charge is 0.352 e. The Hall–Kier alpha value is -4.43. The van der Waals surface area contributed by atoms with Gasteiger partial charge in [0.1, 0.15) is 12.6 Å². The number of nitrogens with zero attached hydrogens (tertiary/aromatic N) is 2. The molecule has 1 N–H and O–H groups in total. The van der Waals surface area contributed by atoms with Crippen molar-refractivity contribution in [3.63, 3.8) is 0 Å². The molecule has 8 heteroatoms. The van der Waals surface area contributed by atoms with Crippen LogP contribution in [0.15, 0.2) is 114 Å². The lowest BCUT2D eigenvalue weighted by Gasteiger charge is -2.34. The van der Waals surface area contributed by atoms with Gasteiger partial charge in [0.25, 0.3) is 10.0 Å². The summed E-state index contributed by atoms with van der Waals surface area (Å²) in [5.41, 5.74) is 4.18. The van der Waals surface area contributed by atoms with Gasteiger partial charge in [0.2, 0.25) is 11.8 Å². The molecule has 0 saturated carbocycles. The van der Waals surface area contributed by atoms with E-state index < -0.39 is 28.5 Å². The average Bonchev–Trinajstić information content (AvgIpc) is 3.06. The van der Waals surface area contributed by atoms with Gasteiger partial charge < -0.3 is 10.2 Å². The molecule has 2 amide bonds. The Kier molecular flexibility index (Phi) is 11.5. The molecule has 0 unspecified atom stereocenters. The van der Waals surface area contributed by atoms with Gasteiger partial charge in [0, 0.05) is 19.0 Å². The number of carbonyl (C=O) groups excluding carboxylic acids is 2. The van der Waals surface area contributed by atoms with Crippen LogP contribution in [0.25, 0.3) is 0 Å². The van der Waals surface area contributed by atoms with Gasteiger partial charge in [-0.3, -0.25) is 13.9 Å². The number of hydrogen-bond donors (Lipinski definition) is 1. The van der Waals surface area contributed by atoms with Gasteiger partial charge in [-0.2, -0.15) is 0 Å². The van der Waals surface area contributed by atoms with Crippen molar-refractivity contribution in [1.82, 2.24) is 10.2 Å². The van der Waals surface area contributed by atoms with Crippen LogP contribution in [0.3, 0.4) is 0 Å². The molecule has 45 heavy (non-hydrogen) atoms. The zero-order chi connectivity index (χ0) is 32.4. The second kappa shape index (κ2) is 15.5. The Morgan fingerprint density at radius 1 is 0.778 bits per heavy atom. The third-order valence-corrected chi connectivity index (χ3v) is 9.90. The highest BCUT2D eigenvalue weighted by atomic mass is 32.2. The minimum absolute atomic E-state index is 0.0816. The fourth-order valence-corrected chi connectivity index (χ4v) is 6.55. The lowest BCUT2D eigenvalue weighted by Crippen LogP contribution is -2.54. The minimum atomic E-state index is -4.13. The third kappa shape index (κ3) is 8.60. The van der Waals surface area contributed by atoms with Crippen molar-refractivity contribution in [3.05, 3.63) is 131 Å². The third-order valence-electron chi connectivity index (χ3n) is 8.12. The van der Waals surface area contributed by atoms with Crippen molar-refractivity contribution in [3.8, 4) is 0 Å². The van der Waals surface area contributed by atoms with Crippen LogP contribution < -0.4 is 9.62 Å². The van der Waals surface area contributed by atoms with E-state index in [1.165, 1.54) is 12.1 Å². The topological polar surface area (TPSA) is 86.8 Å². The van der Waals surface area contributed by atoms with Crippen LogP contribution in [0, 0.1) is 6.92 Å². The van der Waals surface area contributed by atoms with E-state index in [-0.39, 0.29) is 29.8 Å². The van der Waals surface area contributed by atoms with Crippen molar-refractivity contribution < 1.29 is 18.0 Å². The first-order valence-electron chi connectivity index (χ1n) is 15.5. The molecule has 0 fully saturated rings. The van der Waals surface area contributed by atoms with Crippen molar-refractivity contribution >= 4 is 27.5 Å². The Labute approximate surface area is 268 Å². The van der Waals surface area contributed by atoms with Crippen LogP contribution in [-0.4, -0.2) is 43.8 Å². The second-order valence-electron chi connectivity index (χ2n) is 11.3. The number of aryl methyl sites for hydroxylation is 2. The number of hydrogen-bond acceptors (Lipinski definition) is 4. The summed E-state index contributed by atoms with van der Waals surface area (Å²) in [6.07, 6.45) is 1.80. The van der Waals surface area contributed by atoms with Crippen molar-refractivity contribution in [1.29, 1.82) is 0 Å². The van der Waals surface area contributed by atoms with Crippen LogP contribution in [0.4, 0.5) is 5.69 Å². The predicted molar refractivity (Wildman–Crippen MR) is 180 cm³/mol. The molecular formula is C37H43N3O4S. The first kappa shape index (κ1) is 33.5. The van der Waals surface area contributed by atoms with Gasteiger partial charge in [0.15, 0.2) is 0 Å². The quantitative estimate of drug-likeness (QED) is 0.178. The molecule has 236 valence electrons. The lowest BCUT2D eigenvalue weighted by molar-refractivity contribution is -0.140. The Bertz CT molecular complexity index is 1660. The SMILES string of the molecule is CCc1ccc(N(CC(=O)N(Cc2ccccc2C)[C@@H](Cc2ccccc2)C(=O)N[C@@H](C)CC)S(=O)(=O)c2ccccc2)cc1. The standard InChI is InChI=1S/C37H43N3O4S/c1-5-29(4)38-37(42)35(25-31-16-9-7-10-17-31)39(26-32-18-14-13-15-28(32)3)36(41)27-40(33-23-21-30(6-2)22-24-33)45(43,44)34-19-11-8-12-20-34/h7-24,29,35H,5-6,25-27H2,1-4H3,(H,38,42)/t29-,35-/m0/s1. The number of anilines is 1. The van der Waals surface area contributed by atoms with Gasteiger partial charge >= 0.3 is 0 Å². The summed E-state index contributed by atoms with van der Waals surface area (Å²) in [6.45, 7) is 7.58. The fourth-order valence-electron chi connectivity index (χ4n) is 5.11. The predicted octanol–water partition coefficient (Wildman–Crippen LogP) is 6.31. The molecular weight excluding hydrogens is 582 g/mol. The summed E-state index contributed by atoms with van der Waals surface area (Å²) < 4.78 is 29.4. The number of sulfonamides is 1. The molecule has 0 radical (unpaired) electrons.